The highest BCUT2D eigenvalue weighted by atomic mass is 15.0. The van der Waals surface area contributed by atoms with Gasteiger partial charge in [0.25, 0.3) is 0 Å². The number of anilines is 1. The monoisotopic (exact) mass is 221 g/mol. The van der Waals surface area contributed by atoms with Gasteiger partial charge in [0.2, 0.25) is 0 Å². The molecule has 0 amide bonds. The van der Waals surface area contributed by atoms with Crippen LogP contribution in [0.4, 0.5) is 5.82 Å². The van der Waals surface area contributed by atoms with Crippen LogP contribution in [0.25, 0.3) is 0 Å². The van der Waals surface area contributed by atoms with Gasteiger partial charge in [-0.25, -0.2) is 9.97 Å². The van der Waals surface area contributed by atoms with E-state index in [9.17, 15) is 0 Å². The zero-order valence-corrected chi connectivity index (χ0v) is 10.7. The first-order chi connectivity index (χ1) is 7.72. The summed E-state index contributed by atoms with van der Waals surface area (Å²) < 4.78 is 0. The third-order valence-corrected chi connectivity index (χ3v) is 2.69. The Labute approximate surface area is 98.7 Å². The predicted molar refractivity (Wildman–Crippen MR) is 68.6 cm³/mol. The van der Waals surface area contributed by atoms with Crippen molar-refractivity contribution in [3.05, 3.63) is 18.1 Å². The molecule has 16 heavy (non-hydrogen) atoms. The number of aryl methyl sites for hydroxylation is 1. The average molecular weight is 221 g/mol. The highest BCUT2D eigenvalue weighted by Crippen LogP contribution is 2.10. The van der Waals surface area contributed by atoms with Gasteiger partial charge in [0.15, 0.2) is 0 Å². The lowest BCUT2D eigenvalue weighted by molar-refractivity contribution is 0.593. The van der Waals surface area contributed by atoms with Gasteiger partial charge in [-0.15, -0.1) is 0 Å². The number of hydrogen-bond donors (Lipinski definition) is 1. The molecule has 0 spiro atoms. The van der Waals surface area contributed by atoms with Crippen LogP contribution >= 0.6 is 0 Å². The Balaban J connectivity index is 2.25. The van der Waals surface area contributed by atoms with Crippen molar-refractivity contribution in [1.29, 1.82) is 0 Å². The molecule has 0 aliphatic rings. The van der Waals surface area contributed by atoms with Crippen LogP contribution in [-0.4, -0.2) is 16.0 Å². The fraction of sp³-hybridized carbons (Fsp3) is 0.692. The van der Waals surface area contributed by atoms with Crippen molar-refractivity contribution in [2.24, 2.45) is 0 Å². The number of rotatable bonds is 7. The minimum absolute atomic E-state index is 0.492. The largest absolute Gasteiger partial charge is 0.368 e. The standard InChI is InChI=1S/C13H23N3/c1-4-5-6-7-8-11(2)16-13-9-12(3)14-10-15-13/h9-11H,4-8H2,1-3H3,(H,14,15,16). The SMILES string of the molecule is CCCCCCC(C)Nc1cc(C)ncn1. The van der Waals surface area contributed by atoms with E-state index in [0.717, 1.165) is 11.5 Å². The summed E-state index contributed by atoms with van der Waals surface area (Å²) in [4.78, 5) is 8.28. The van der Waals surface area contributed by atoms with E-state index in [0.29, 0.717) is 6.04 Å². The van der Waals surface area contributed by atoms with Gasteiger partial charge in [-0.05, 0) is 20.3 Å². The van der Waals surface area contributed by atoms with Gasteiger partial charge >= 0.3 is 0 Å². The van der Waals surface area contributed by atoms with Gasteiger partial charge in [0.05, 0.1) is 0 Å². The van der Waals surface area contributed by atoms with Crippen LogP contribution in [0, 0.1) is 6.92 Å². The molecular formula is C13H23N3. The van der Waals surface area contributed by atoms with Crippen molar-refractivity contribution in [1.82, 2.24) is 9.97 Å². The Hall–Kier alpha value is -1.12. The molecule has 0 aromatic carbocycles. The summed E-state index contributed by atoms with van der Waals surface area (Å²) in [6.07, 6.45) is 8.11. The van der Waals surface area contributed by atoms with Crippen molar-refractivity contribution < 1.29 is 0 Å². The average Bonchev–Trinajstić information content (AvgIpc) is 2.24. The molecule has 1 rings (SSSR count). The first-order valence-corrected chi connectivity index (χ1v) is 6.27. The number of unbranched alkanes of at least 4 members (excludes halogenated alkanes) is 3. The van der Waals surface area contributed by atoms with Crippen LogP contribution in [0.15, 0.2) is 12.4 Å². The van der Waals surface area contributed by atoms with E-state index in [1.807, 2.05) is 13.0 Å². The van der Waals surface area contributed by atoms with Crippen LogP contribution in [0.1, 0.15) is 51.6 Å². The topological polar surface area (TPSA) is 37.8 Å². The van der Waals surface area contributed by atoms with Crippen molar-refractivity contribution in [2.75, 3.05) is 5.32 Å². The molecule has 0 saturated carbocycles. The van der Waals surface area contributed by atoms with Gasteiger partial charge in [-0.1, -0.05) is 32.6 Å². The highest BCUT2D eigenvalue weighted by Gasteiger charge is 2.02. The highest BCUT2D eigenvalue weighted by molar-refractivity contribution is 5.35. The fourth-order valence-corrected chi connectivity index (χ4v) is 1.74. The summed E-state index contributed by atoms with van der Waals surface area (Å²) in [5.74, 6) is 0.940. The summed E-state index contributed by atoms with van der Waals surface area (Å²) >= 11 is 0. The second kappa shape index (κ2) is 7.20. The van der Waals surface area contributed by atoms with Crippen molar-refractivity contribution in [3.63, 3.8) is 0 Å². The van der Waals surface area contributed by atoms with Crippen LogP contribution in [0.5, 0.6) is 0 Å². The Morgan fingerprint density at radius 3 is 2.75 bits per heavy atom. The van der Waals surface area contributed by atoms with E-state index in [1.165, 1.54) is 32.1 Å². The maximum atomic E-state index is 4.20. The summed E-state index contributed by atoms with van der Waals surface area (Å²) in [7, 11) is 0. The van der Waals surface area contributed by atoms with Gasteiger partial charge in [0, 0.05) is 17.8 Å². The first-order valence-electron chi connectivity index (χ1n) is 6.27. The Morgan fingerprint density at radius 2 is 2.06 bits per heavy atom. The molecule has 1 N–H and O–H groups in total. The molecule has 0 saturated heterocycles. The van der Waals surface area contributed by atoms with E-state index in [4.69, 9.17) is 0 Å². The molecule has 0 radical (unpaired) electrons. The second-order valence-corrected chi connectivity index (χ2v) is 4.44. The summed E-state index contributed by atoms with van der Waals surface area (Å²) in [5, 5.41) is 3.41. The van der Waals surface area contributed by atoms with Crippen LogP contribution < -0.4 is 5.32 Å². The minimum atomic E-state index is 0.492. The van der Waals surface area contributed by atoms with Crippen LogP contribution in [-0.2, 0) is 0 Å². The molecule has 3 heteroatoms. The molecule has 0 aliphatic carbocycles. The maximum absolute atomic E-state index is 4.20. The van der Waals surface area contributed by atoms with Crippen LogP contribution in [0.2, 0.25) is 0 Å². The molecule has 3 nitrogen and oxygen atoms in total. The molecule has 90 valence electrons. The molecule has 1 aromatic rings. The quantitative estimate of drug-likeness (QED) is 0.715. The number of nitrogens with zero attached hydrogens (tertiary/aromatic N) is 2. The predicted octanol–water partition coefficient (Wildman–Crippen LogP) is 3.56. The molecule has 1 atom stereocenters. The first kappa shape index (κ1) is 12.9. The van der Waals surface area contributed by atoms with E-state index in [2.05, 4.69) is 29.1 Å². The lowest BCUT2D eigenvalue weighted by Gasteiger charge is -2.14. The summed E-state index contributed by atoms with van der Waals surface area (Å²) in [6.45, 7) is 6.44. The van der Waals surface area contributed by atoms with E-state index < -0.39 is 0 Å². The number of nitrogens with one attached hydrogen (secondary N) is 1. The van der Waals surface area contributed by atoms with E-state index in [1.54, 1.807) is 6.33 Å². The fourth-order valence-electron chi connectivity index (χ4n) is 1.74. The summed E-state index contributed by atoms with van der Waals surface area (Å²) in [6, 6.07) is 2.48. The number of hydrogen-bond acceptors (Lipinski definition) is 3. The Kier molecular flexibility index (Phi) is 5.83. The Morgan fingerprint density at radius 1 is 1.25 bits per heavy atom. The molecule has 1 heterocycles. The number of aromatic nitrogens is 2. The molecule has 0 aliphatic heterocycles. The normalized spacial score (nSPS) is 12.4. The van der Waals surface area contributed by atoms with Crippen molar-refractivity contribution in [3.8, 4) is 0 Å². The van der Waals surface area contributed by atoms with E-state index in [-0.39, 0.29) is 0 Å². The van der Waals surface area contributed by atoms with Crippen molar-refractivity contribution in [2.45, 2.75) is 58.9 Å². The third-order valence-electron chi connectivity index (χ3n) is 2.69. The smallest absolute Gasteiger partial charge is 0.129 e. The third kappa shape index (κ3) is 5.10. The molecule has 1 aromatic heterocycles. The molecule has 1 unspecified atom stereocenters. The Bertz CT molecular complexity index is 299. The lowest BCUT2D eigenvalue weighted by atomic mass is 10.1. The molecule has 0 bridgehead atoms. The minimum Gasteiger partial charge on any atom is -0.368 e. The van der Waals surface area contributed by atoms with E-state index >= 15 is 0 Å². The van der Waals surface area contributed by atoms with Gasteiger partial charge in [-0.2, -0.15) is 0 Å². The van der Waals surface area contributed by atoms with Crippen molar-refractivity contribution >= 4 is 5.82 Å². The zero-order chi connectivity index (χ0) is 11.8. The summed E-state index contributed by atoms with van der Waals surface area (Å²) in [5.41, 5.74) is 1.01. The maximum Gasteiger partial charge on any atom is 0.129 e. The van der Waals surface area contributed by atoms with Gasteiger partial charge in [-0.3, -0.25) is 0 Å². The molecule has 0 fully saturated rings. The van der Waals surface area contributed by atoms with Gasteiger partial charge in [0.1, 0.15) is 12.1 Å². The zero-order valence-electron chi connectivity index (χ0n) is 10.7. The lowest BCUT2D eigenvalue weighted by Crippen LogP contribution is -2.16. The van der Waals surface area contributed by atoms with Crippen LogP contribution in [0.3, 0.4) is 0 Å². The second-order valence-electron chi connectivity index (χ2n) is 4.44. The molecular weight excluding hydrogens is 198 g/mol. The van der Waals surface area contributed by atoms with Gasteiger partial charge < -0.3 is 5.32 Å².